The van der Waals surface area contributed by atoms with Crippen molar-refractivity contribution in [2.75, 3.05) is 14.2 Å². The number of methoxy groups -OCH3 is 2. The van der Waals surface area contributed by atoms with Crippen LogP contribution < -0.4 is 20.1 Å². The molecule has 1 fully saturated rings. The van der Waals surface area contributed by atoms with E-state index < -0.39 is 22.9 Å². The van der Waals surface area contributed by atoms with E-state index in [0.29, 0.717) is 5.75 Å². The van der Waals surface area contributed by atoms with Crippen LogP contribution >= 0.6 is 0 Å². The molecular weight excluding hydrogens is 282 g/mol. The predicted octanol–water partition coefficient (Wildman–Crippen LogP) is 0.362. The van der Waals surface area contributed by atoms with Crippen LogP contribution in [0.1, 0.15) is 5.56 Å². The summed E-state index contributed by atoms with van der Waals surface area (Å²) in [4.78, 5) is 33.2. The molecule has 0 spiro atoms. The minimum atomic E-state index is -0.852. The first kappa shape index (κ1) is 14.6. The molecule has 21 heavy (non-hydrogen) atoms. The standard InChI is InChI=1S/C12H13N3O6/c1-20-9-4-6(3-7-11(16)14-12(17)13-7)8(15(18)19)5-10(9)21-2/h4-5,7H,3H2,1-2H3,(H2,13,14,16,17). The van der Waals surface area contributed by atoms with Crippen molar-refractivity contribution in [1.29, 1.82) is 0 Å². The van der Waals surface area contributed by atoms with Gasteiger partial charge < -0.3 is 14.8 Å². The first-order chi connectivity index (χ1) is 9.96. The second-order valence-corrected chi connectivity index (χ2v) is 4.31. The maximum Gasteiger partial charge on any atom is 0.322 e. The van der Waals surface area contributed by atoms with Crippen LogP contribution in [0, 0.1) is 10.1 Å². The lowest BCUT2D eigenvalue weighted by molar-refractivity contribution is -0.385. The zero-order chi connectivity index (χ0) is 15.6. The van der Waals surface area contributed by atoms with Gasteiger partial charge in [-0.3, -0.25) is 20.2 Å². The lowest BCUT2D eigenvalue weighted by atomic mass is 10.0. The zero-order valence-electron chi connectivity index (χ0n) is 11.3. The molecule has 0 aliphatic carbocycles. The van der Waals surface area contributed by atoms with Gasteiger partial charge in [0.05, 0.1) is 25.2 Å². The van der Waals surface area contributed by atoms with Crippen LogP contribution in [0.25, 0.3) is 0 Å². The molecule has 1 aliphatic heterocycles. The predicted molar refractivity (Wildman–Crippen MR) is 70.4 cm³/mol. The Balaban J connectivity index is 2.39. The van der Waals surface area contributed by atoms with Gasteiger partial charge in [-0.05, 0) is 6.07 Å². The first-order valence-electron chi connectivity index (χ1n) is 5.97. The summed E-state index contributed by atoms with van der Waals surface area (Å²) in [6.45, 7) is 0. The van der Waals surface area contributed by atoms with Crippen LogP contribution in [-0.2, 0) is 11.2 Å². The largest absolute Gasteiger partial charge is 0.493 e. The molecule has 1 aromatic rings. The fraction of sp³-hybridized carbons (Fsp3) is 0.333. The number of ether oxygens (including phenoxy) is 2. The summed E-state index contributed by atoms with van der Waals surface area (Å²) in [5, 5.41) is 15.6. The Hall–Kier alpha value is -2.84. The summed E-state index contributed by atoms with van der Waals surface area (Å²) >= 11 is 0. The molecule has 1 aromatic carbocycles. The Labute approximate surface area is 119 Å². The zero-order valence-corrected chi connectivity index (χ0v) is 11.3. The Morgan fingerprint density at radius 3 is 2.33 bits per heavy atom. The maximum atomic E-state index is 11.5. The number of amides is 3. The number of benzene rings is 1. The minimum Gasteiger partial charge on any atom is -0.493 e. The van der Waals surface area contributed by atoms with E-state index in [1.54, 1.807) is 0 Å². The van der Waals surface area contributed by atoms with Crippen molar-refractivity contribution < 1.29 is 24.0 Å². The molecule has 2 rings (SSSR count). The Morgan fingerprint density at radius 1 is 1.24 bits per heavy atom. The van der Waals surface area contributed by atoms with E-state index in [1.807, 2.05) is 0 Å². The average Bonchev–Trinajstić information content (AvgIpc) is 2.76. The lowest BCUT2D eigenvalue weighted by Gasteiger charge is -2.12. The quantitative estimate of drug-likeness (QED) is 0.460. The van der Waals surface area contributed by atoms with Gasteiger partial charge in [-0.15, -0.1) is 0 Å². The second kappa shape index (κ2) is 5.65. The van der Waals surface area contributed by atoms with Gasteiger partial charge in [-0.25, -0.2) is 4.79 Å². The number of carbonyl (C=O) groups excluding carboxylic acids is 2. The summed E-state index contributed by atoms with van der Waals surface area (Å²) in [7, 11) is 2.77. The van der Waals surface area contributed by atoms with Gasteiger partial charge in [0.15, 0.2) is 11.5 Å². The lowest BCUT2D eigenvalue weighted by Crippen LogP contribution is -2.31. The van der Waals surface area contributed by atoms with E-state index in [2.05, 4.69) is 10.6 Å². The molecule has 112 valence electrons. The van der Waals surface area contributed by atoms with E-state index in [1.165, 1.54) is 26.4 Å². The molecule has 1 unspecified atom stereocenters. The monoisotopic (exact) mass is 295 g/mol. The number of nitrogens with one attached hydrogen (secondary N) is 2. The number of hydrogen-bond donors (Lipinski definition) is 2. The number of hydrogen-bond acceptors (Lipinski definition) is 6. The Bertz CT molecular complexity index is 615. The summed E-state index contributed by atoms with van der Waals surface area (Å²) in [5.74, 6) is -0.000210. The number of urea groups is 1. The highest BCUT2D eigenvalue weighted by molar-refractivity contribution is 6.04. The van der Waals surface area contributed by atoms with Crippen molar-refractivity contribution in [3.05, 3.63) is 27.8 Å². The van der Waals surface area contributed by atoms with Crippen molar-refractivity contribution in [3.8, 4) is 11.5 Å². The molecule has 1 heterocycles. The van der Waals surface area contributed by atoms with E-state index >= 15 is 0 Å². The summed E-state index contributed by atoms with van der Waals surface area (Å²) in [5.41, 5.74) is 0.0570. The molecule has 2 N–H and O–H groups in total. The van der Waals surface area contributed by atoms with E-state index in [0.717, 1.165) is 0 Å². The molecule has 1 saturated heterocycles. The van der Waals surface area contributed by atoms with Crippen molar-refractivity contribution in [2.24, 2.45) is 0 Å². The van der Waals surface area contributed by atoms with E-state index in [9.17, 15) is 19.7 Å². The fourth-order valence-corrected chi connectivity index (χ4v) is 2.07. The number of imide groups is 1. The van der Waals surface area contributed by atoms with Gasteiger partial charge in [0.1, 0.15) is 6.04 Å². The molecule has 9 nitrogen and oxygen atoms in total. The fourth-order valence-electron chi connectivity index (χ4n) is 2.07. The van der Waals surface area contributed by atoms with Crippen molar-refractivity contribution >= 4 is 17.6 Å². The SMILES string of the molecule is COc1cc(CC2NC(=O)NC2=O)c([N+](=O)[O-])cc1OC. The van der Waals surface area contributed by atoms with Gasteiger partial charge in [-0.2, -0.15) is 0 Å². The highest BCUT2D eigenvalue weighted by atomic mass is 16.6. The summed E-state index contributed by atoms with van der Waals surface area (Å²) in [6.07, 6.45) is -0.0196. The highest BCUT2D eigenvalue weighted by Crippen LogP contribution is 2.35. The molecule has 1 aliphatic rings. The number of nitro benzene ring substituents is 1. The number of carbonyl (C=O) groups is 2. The minimum absolute atomic E-state index is 0.0196. The molecule has 1 atom stereocenters. The Morgan fingerprint density at radius 2 is 1.86 bits per heavy atom. The summed E-state index contributed by atoms with van der Waals surface area (Å²) in [6, 6.07) is 1.18. The van der Waals surface area contributed by atoms with Gasteiger partial charge >= 0.3 is 6.03 Å². The van der Waals surface area contributed by atoms with Crippen molar-refractivity contribution in [2.45, 2.75) is 12.5 Å². The third kappa shape index (κ3) is 2.86. The number of nitrogens with zero attached hydrogens (tertiary/aromatic N) is 1. The van der Waals surface area contributed by atoms with Crippen LogP contribution in [0.2, 0.25) is 0 Å². The van der Waals surface area contributed by atoms with Crippen LogP contribution in [0.4, 0.5) is 10.5 Å². The first-order valence-corrected chi connectivity index (χ1v) is 5.97. The van der Waals surface area contributed by atoms with Crippen LogP contribution in [0.15, 0.2) is 12.1 Å². The normalized spacial score (nSPS) is 17.1. The molecule has 0 bridgehead atoms. The van der Waals surface area contributed by atoms with Gasteiger partial charge in [-0.1, -0.05) is 0 Å². The van der Waals surface area contributed by atoms with Gasteiger partial charge in [0.25, 0.3) is 11.6 Å². The van der Waals surface area contributed by atoms with Crippen molar-refractivity contribution in [3.63, 3.8) is 0 Å². The van der Waals surface area contributed by atoms with Crippen LogP contribution in [0.5, 0.6) is 11.5 Å². The third-order valence-corrected chi connectivity index (χ3v) is 3.06. The highest BCUT2D eigenvalue weighted by Gasteiger charge is 2.32. The summed E-state index contributed by atoms with van der Waals surface area (Å²) < 4.78 is 10.1. The molecule has 0 saturated carbocycles. The second-order valence-electron chi connectivity index (χ2n) is 4.31. The van der Waals surface area contributed by atoms with Gasteiger partial charge in [0, 0.05) is 12.0 Å². The molecule has 3 amide bonds. The maximum absolute atomic E-state index is 11.5. The smallest absolute Gasteiger partial charge is 0.322 e. The van der Waals surface area contributed by atoms with E-state index in [-0.39, 0.29) is 23.4 Å². The number of nitro groups is 1. The van der Waals surface area contributed by atoms with Gasteiger partial charge in [0.2, 0.25) is 0 Å². The third-order valence-electron chi connectivity index (χ3n) is 3.06. The number of rotatable bonds is 5. The van der Waals surface area contributed by atoms with E-state index in [4.69, 9.17) is 9.47 Å². The van der Waals surface area contributed by atoms with Crippen LogP contribution in [0.3, 0.4) is 0 Å². The van der Waals surface area contributed by atoms with Crippen LogP contribution in [-0.4, -0.2) is 37.1 Å². The van der Waals surface area contributed by atoms with Crippen molar-refractivity contribution in [1.82, 2.24) is 10.6 Å². The molecular formula is C12H13N3O6. The topological polar surface area (TPSA) is 120 Å². The molecule has 0 aromatic heterocycles. The molecule has 9 heteroatoms. The molecule has 0 radical (unpaired) electrons. The average molecular weight is 295 g/mol. The Kier molecular flexibility index (Phi) is 3.92.